The van der Waals surface area contributed by atoms with E-state index in [1.165, 1.54) is 0 Å². The van der Waals surface area contributed by atoms with E-state index < -0.39 is 47.2 Å². The van der Waals surface area contributed by atoms with E-state index in [1.807, 2.05) is 27.7 Å². The average Bonchev–Trinajstić information content (AvgIpc) is 2.30. The van der Waals surface area contributed by atoms with Gasteiger partial charge in [0.25, 0.3) is 0 Å². The Labute approximate surface area is 119 Å². The molecule has 0 spiro atoms. The van der Waals surface area contributed by atoms with Crippen LogP contribution in [0.2, 0.25) is 0 Å². The molecule has 6 nitrogen and oxygen atoms in total. The van der Waals surface area contributed by atoms with E-state index >= 15 is 0 Å². The molecule has 1 saturated carbocycles. The van der Waals surface area contributed by atoms with Gasteiger partial charge in [0, 0.05) is 11.8 Å². The molecule has 2 N–H and O–H groups in total. The standard InChI is InChI=1S/C10H12O6.2C2H6/c1-3(11)5-7(9(13)14)6(4(2)12)8(5)10(15)16;2*1-2/h5-8H,1-2H3,(H,13,14)(H,15,16);2*1-2H3. The summed E-state index contributed by atoms with van der Waals surface area (Å²) in [5.41, 5.74) is 0. The number of carboxylic acids is 2. The van der Waals surface area contributed by atoms with Gasteiger partial charge in [0.05, 0.1) is 11.8 Å². The highest BCUT2D eigenvalue weighted by Crippen LogP contribution is 2.47. The van der Waals surface area contributed by atoms with E-state index in [4.69, 9.17) is 10.2 Å². The molecule has 1 rings (SSSR count). The summed E-state index contributed by atoms with van der Waals surface area (Å²) in [6, 6.07) is 0. The number of aliphatic carboxylic acids is 2. The second-order valence-corrected chi connectivity index (χ2v) is 4.00. The third-order valence-corrected chi connectivity index (χ3v) is 3.06. The highest BCUT2D eigenvalue weighted by Gasteiger charge is 2.61. The Hall–Kier alpha value is -1.72. The maximum Gasteiger partial charge on any atom is 0.308 e. The van der Waals surface area contributed by atoms with Crippen LogP contribution in [0.1, 0.15) is 41.5 Å². The molecule has 1 fully saturated rings. The minimum Gasteiger partial charge on any atom is -0.481 e. The van der Waals surface area contributed by atoms with Gasteiger partial charge in [-0.2, -0.15) is 0 Å². The van der Waals surface area contributed by atoms with Crippen LogP contribution in [-0.4, -0.2) is 33.7 Å². The minimum atomic E-state index is -1.29. The summed E-state index contributed by atoms with van der Waals surface area (Å²) in [7, 11) is 0. The molecule has 0 aromatic rings. The highest BCUT2D eigenvalue weighted by atomic mass is 16.4. The number of hydrogen-bond donors (Lipinski definition) is 2. The first-order valence-electron chi connectivity index (χ1n) is 6.75. The molecule has 0 aromatic carbocycles. The van der Waals surface area contributed by atoms with Gasteiger partial charge in [0.2, 0.25) is 0 Å². The van der Waals surface area contributed by atoms with E-state index in [1.54, 1.807) is 0 Å². The van der Waals surface area contributed by atoms with Gasteiger partial charge in [-0.05, 0) is 13.8 Å². The molecule has 1 aliphatic rings. The van der Waals surface area contributed by atoms with Gasteiger partial charge in [-0.3, -0.25) is 19.2 Å². The van der Waals surface area contributed by atoms with Crippen LogP contribution in [0.4, 0.5) is 0 Å². The summed E-state index contributed by atoms with van der Waals surface area (Å²) in [5.74, 6) is -8.18. The van der Waals surface area contributed by atoms with Gasteiger partial charge in [-0.1, -0.05) is 27.7 Å². The number of carbonyl (C=O) groups excluding carboxylic acids is 2. The van der Waals surface area contributed by atoms with Gasteiger partial charge in [0.15, 0.2) is 0 Å². The molecule has 116 valence electrons. The van der Waals surface area contributed by atoms with Crippen LogP contribution in [0.15, 0.2) is 0 Å². The molecule has 20 heavy (non-hydrogen) atoms. The van der Waals surface area contributed by atoms with Gasteiger partial charge in [-0.15, -0.1) is 0 Å². The molecule has 0 saturated heterocycles. The van der Waals surface area contributed by atoms with Crippen molar-refractivity contribution >= 4 is 23.5 Å². The first-order valence-corrected chi connectivity index (χ1v) is 6.75. The Bertz CT molecular complexity index is 294. The third-order valence-electron chi connectivity index (χ3n) is 3.06. The quantitative estimate of drug-likeness (QED) is 0.817. The van der Waals surface area contributed by atoms with Crippen molar-refractivity contribution in [2.75, 3.05) is 0 Å². The summed E-state index contributed by atoms with van der Waals surface area (Å²) in [6.45, 7) is 10.3. The first kappa shape index (κ1) is 20.6. The zero-order chi connectivity index (χ0) is 16.6. The average molecular weight is 288 g/mol. The highest BCUT2D eigenvalue weighted by molar-refractivity contribution is 5.99. The van der Waals surface area contributed by atoms with Gasteiger partial charge >= 0.3 is 11.9 Å². The fourth-order valence-corrected chi connectivity index (χ4v) is 2.37. The minimum absolute atomic E-state index is 0.502. The fourth-order valence-electron chi connectivity index (χ4n) is 2.37. The molecular formula is C14H24O6. The molecule has 0 atom stereocenters. The van der Waals surface area contributed by atoms with Crippen LogP contribution in [0.25, 0.3) is 0 Å². The molecular weight excluding hydrogens is 264 g/mol. The van der Waals surface area contributed by atoms with Crippen LogP contribution in [0.5, 0.6) is 0 Å². The molecule has 6 heteroatoms. The first-order chi connectivity index (χ1) is 9.29. The van der Waals surface area contributed by atoms with Crippen LogP contribution >= 0.6 is 0 Å². The van der Waals surface area contributed by atoms with Crippen molar-refractivity contribution in [3.8, 4) is 0 Å². The van der Waals surface area contributed by atoms with E-state index in [0.29, 0.717) is 0 Å². The van der Waals surface area contributed by atoms with Gasteiger partial charge in [-0.25, -0.2) is 0 Å². The normalized spacial score (nSPS) is 26.7. The predicted molar refractivity (Wildman–Crippen MR) is 73.3 cm³/mol. The molecule has 0 unspecified atom stereocenters. The lowest BCUT2D eigenvalue weighted by Crippen LogP contribution is -2.59. The van der Waals surface area contributed by atoms with E-state index in [9.17, 15) is 19.2 Å². The third kappa shape index (κ3) is 4.15. The van der Waals surface area contributed by atoms with Crippen molar-refractivity contribution in [1.82, 2.24) is 0 Å². The Balaban J connectivity index is 0. The summed E-state index contributed by atoms with van der Waals surface area (Å²) >= 11 is 0. The number of rotatable bonds is 4. The summed E-state index contributed by atoms with van der Waals surface area (Å²) in [5, 5.41) is 17.7. The zero-order valence-corrected chi connectivity index (χ0v) is 12.8. The van der Waals surface area contributed by atoms with E-state index in [-0.39, 0.29) is 0 Å². The Morgan fingerprint density at radius 3 is 0.900 bits per heavy atom. The van der Waals surface area contributed by atoms with E-state index in [2.05, 4.69) is 0 Å². The Morgan fingerprint density at radius 2 is 0.800 bits per heavy atom. The molecule has 0 aliphatic heterocycles. The summed E-state index contributed by atoms with van der Waals surface area (Å²) in [6.07, 6.45) is 0. The number of carbonyl (C=O) groups is 4. The number of carboxylic acid groups (broad SMARTS) is 2. The lowest BCUT2D eigenvalue weighted by Gasteiger charge is -2.44. The van der Waals surface area contributed by atoms with Crippen LogP contribution in [-0.2, 0) is 19.2 Å². The second kappa shape index (κ2) is 9.23. The van der Waals surface area contributed by atoms with Crippen molar-refractivity contribution < 1.29 is 29.4 Å². The van der Waals surface area contributed by atoms with Gasteiger partial charge in [0.1, 0.15) is 11.6 Å². The zero-order valence-electron chi connectivity index (χ0n) is 12.8. The lowest BCUT2D eigenvalue weighted by molar-refractivity contribution is -0.178. The second-order valence-electron chi connectivity index (χ2n) is 4.00. The lowest BCUT2D eigenvalue weighted by atomic mass is 9.54. The van der Waals surface area contributed by atoms with Crippen LogP contribution < -0.4 is 0 Å². The SMILES string of the molecule is CC.CC.CC(=O)C1C(C(=O)O)C(C(C)=O)C1C(=O)O. The van der Waals surface area contributed by atoms with Crippen LogP contribution in [0, 0.1) is 23.7 Å². The molecule has 0 radical (unpaired) electrons. The summed E-state index contributed by atoms with van der Waals surface area (Å²) < 4.78 is 0. The van der Waals surface area contributed by atoms with Crippen molar-refractivity contribution in [3.05, 3.63) is 0 Å². The molecule has 0 aromatic heterocycles. The molecule has 0 bridgehead atoms. The number of hydrogen-bond acceptors (Lipinski definition) is 4. The van der Waals surface area contributed by atoms with Gasteiger partial charge < -0.3 is 10.2 Å². The summed E-state index contributed by atoms with van der Waals surface area (Å²) in [4.78, 5) is 44.1. The number of ketones is 2. The van der Waals surface area contributed by atoms with Crippen LogP contribution in [0.3, 0.4) is 0 Å². The Morgan fingerprint density at radius 1 is 0.600 bits per heavy atom. The largest absolute Gasteiger partial charge is 0.481 e. The van der Waals surface area contributed by atoms with Crippen molar-refractivity contribution in [2.24, 2.45) is 23.7 Å². The maximum atomic E-state index is 11.2. The van der Waals surface area contributed by atoms with Crippen molar-refractivity contribution in [1.29, 1.82) is 0 Å². The molecule has 1 aliphatic carbocycles. The smallest absolute Gasteiger partial charge is 0.308 e. The maximum absolute atomic E-state index is 11.2. The number of Topliss-reactive ketones (excluding diaryl/α,β-unsaturated/α-hetero) is 2. The Kier molecular flexibility index (Phi) is 9.50. The molecule has 0 amide bonds. The van der Waals surface area contributed by atoms with E-state index in [0.717, 1.165) is 13.8 Å². The fraction of sp³-hybridized carbons (Fsp3) is 0.714. The van der Waals surface area contributed by atoms with Crippen molar-refractivity contribution in [3.63, 3.8) is 0 Å². The van der Waals surface area contributed by atoms with Crippen molar-refractivity contribution in [2.45, 2.75) is 41.5 Å². The predicted octanol–water partition coefficient (Wildman–Crippen LogP) is 1.86. The molecule has 0 heterocycles. The topological polar surface area (TPSA) is 109 Å². The monoisotopic (exact) mass is 288 g/mol.